The van der Waals surface area contributed by atoms with Gasteiger partial charge in [-0.3, -0.25) is 5.10 Å². The molecule has 4 nitrogen and oxygen atoms in total. The topological polar surface area (TPSA) is 53.6 Å². The van der Waals surface area contributed by atoms with Crippen molar-refractivity contribution < 1.29 is 0 Å². The molecular weight excluding hydrogens is 256 g/mol. The fourth-order valence-electron chi connectivity index (χ4n) is 2.34. The molecule has 0 spiro atoms. The van der Waals surface area contributed by atoms with Crippen molar-refractivity contribution >= 4 is 17.0 Å². The lowest BCUT2D eigenvalue weighted by Gasteiger charge is -2.01. The van der Waals surface area contributed by atoms with Crippen LogP contribution in [0.25, 0.3) is 22.1 Å². The first-order valence-corrected chi connectivity index (χ1v) is 7.11. The molecule has 1 aliphatic heterocycles. The predicted octanol–water partition coefficient (Wildman–Crippen LogP) is 3.17. The number of hydrogen-bond donors (Lipinski definition) is 2. The van der Waals surface area contributed by atoms with E-state index in [4.69, 9.17) is 0 Å². The molecule has 0 atom stereocenters. The predicted molar refractivity (Wildman–Crippen MR) is 77.3 cm³/mol. The number of H-pyrrole nitrogens is 1. The highest BCUT2D eigenvalue weighted by Crippen LogP contribution is 2.28. The van der Waals surface area contributed by atoms with Gasteiger partial charge in [0.05, 0.1) is 4.88 Å². The van der Waals surface area contributed by atoms with Crippen LogP contribution >= 0.6 is 11.3 Å². The van der Waals surface area contributed by atoms with Crippen molar-refractivity contribution in [1.82, 2.24) is 15.2 Å². The van der Waals surface area contributed by atoms with Crippen LogP contribution in [0.1, 0.15) is 5.56 Å². The molecule has 3 heterocycles. The van der Waals surface area contributed by atoms with Crippen LogP contribution in [0.3, 0.4) is 0 Å². The zero-order valence-corrected chi connectivity index (χ0v) is 11.0. The smallest absolute Gasteiger partial charge is 0.181 e. The maximum Gasteiger partial charge on any atom is 0.181 e. The van der Waals surface area contributed by atoms with Crippen molar-refractivity contribution in [3.63, 3.8) is 0 Å². The molecule has 4 rings (SSSR count). The maximum absolute atomic E-state index is 4.56. The maximum atomic E-state index is 4.56. The highest BCUT2D eigenvalue weighted by atomic mass is 32.1. The first kappa shape index (κ1) is 10.8. The number of fused-ring (bicyclic) bond motifs is 1. The number of thiophene rings is 1. The highest BCUT2D eigenvalue weighted by Gasteiger charge is 2.13. The summed E-state index contributed by atoms with van der Waals surface area (Å²) in [6.45, 7) is 1.02. The molecule has 0 radical (unpaired) electrons. The fraction of sp³-hybridized carbons (Fsp3) is 0.143. The number of nitrogens with one attached hydrogen (secondary N) is 2. The number of rotatable bonds is 2. The minimum Gasteiger partial charge on any atom is -0.384 e. The van der Waals surface area contributed by atoms with E-state index in [1.54, 1.807) is 11.3 Å². The van der Waals surface area contributed by atoms with Gasteiger partial charge >= 0.3 is 0 Å². The lowest BCUT2D eigenvalue weighted by molar-refractivity contribution is 1.10. The summed E-state index contributed by atoms with van der Waals surface area (Å²) in [5.41, 5.74) is 3.63. The number of aromatic nitrogens is 3. The summed E-state index contributed by atoms with van der Waals surface area (Å²) in [5.74, 6) is 1.58. The summed E-state index contributed by atoms with van der Waals surface area (Å²) < 4.78 is 0. The number of anilines is 1. The van der Waals surface area contributed by atoms with Gasteiger partial charge in [0.1, 0.15) is 0 Å². The first-order valence-electron chi connectivity index (χ1n) is 6.23. The summed E-state index contributed by atoms with van der Waals surface area (Å²) in [7, 11) is 0. The molecule has 2 aromatic heterocycles. The zero-order valence-electron chi connectivity index (χ0n) is 10.2. The Morgan fingerprint density at radius 2 is 2.21 bits per heavy atom. The molecular formula is C14H12N4S. The summed E-state index contributed by atoms with van der Waals surface area (Å²) in [6, 6.07) is 10.4. The highest BCUT2D eigenvalue weighted by molar-refractivity contribution is 7.13. The molecule has 0 fully saturated rings. The molecule has 0 saturated heterocycles. The zero-order chi connectivity index (χ0) is 12.7. The lowest BCUT2D eigenvalue weighted by Crippen LogP contribution is -1.91. The van der Waals surface area contributed by atoms with Crippen molar-refractivity contribution in [2.24, 2.45) is 0 Å². The van der Waals surface area contributed by atoms with E-state index in [1.807, 2.05) is 17.5 Å². The Hall–Kier alpha value is -2.14. The molecule has 0 bridgehead atoms. The van der Waals surface area contributed by atoms with Gasteiger partial charge in [-0.1, -0.05) is 18.2 Å². The molecule has 0 aliphatic carbocycles. The molecule has 19 heavy (non-hydrogen) atoms. The molecule has 0 unspecified atom stereocenters. The Morgan fingerprint density at radius 1 is 1.21 bits per heavy atom. The van der Waals surface area contributed by atoms with Gasteiger partial charge in [-0.15, -0.1) is 11.3 Å². The quantitative estimate of drug-likeness (QED) is 0.750. The Bertz CT molecular complexity index is 715. The van der Waals surface area contributed by atoms with E-state index >= 15 is 0 Å². The standard InChI is InChI=1S/C14H12N4S/c1-2-12(19-7-1)14-16-13(17-18-14)10-4-3-9-5-6-15-11(9)8-10/h1-4,7-8,15H,5-6H2,(H,16,17,18). The third kappa shape index (κ3) is 1.82. The Kier molecular flexibility index (Phi) is 2.38. The van der Waals surface area contributed by atoms with Crippen LogP contribution in [0.5, 0.6) is 0 Å². The average molecular weight is 268 g/mol. The van der Waals surface area contributed by atoms with Crippen molar-refractivity contribution in [2.75, 3.05) is 11.9 Å². The number of hydrogen-bond acceptors (Lipinski definition) is 4. The molecule has 5 heteroatoms. The van der Waals surface area contributed by atoms with Crippen LogP contribution in [0.2, 0.25) is 0 Å². The van der Waals surface area contributed by atoms with E-state index in [0.717, 1.165) is 35.1 Å². The Morgan fingerprint density at radius 3 is 3.11 bits per heavy atom. The second kappa shape index (κ2) is 4.20. The molecule has 3 aromatic rings. The summed E-state index contributed by atoms with van der Waals surface area (Å²) in [5, 5.41) is 12.7. The van der Waals surface area contributed by atoms with E-state index in [2.05, 4.69) is 38.7 Å². The minimum atomic E-state index is 0.750. The molecule has 1 aliphatic rings. The minimum absolute atomic E-state index is 0.750. The second-order valence-electron chi connectivity index (χ2n) is 4.53. The van der Waals surface area contributed by atoms with Gasteiger partial charge in [-0.25, -0.2) is 4.98 Å². The van der Waals surface area contributed by atoms with Gasteiger partial charge in [-0.05, 0) is 29.5 Å². The fourth-order valence-corrected chi connectivity index (χ4v) is 3.01. The molecule has 0 saturated carbocycles. The van der Waals surface area contributed by atoms with Crippen molar-refractivity contribution in [2.45, 2.75) is 6.42 Å². The summed E-state index contributed by atoms with van der Waals surface area (Å²) >= 11 is 1.66. The third-order valence-electron chi connectivity index (χ3n) is 3.32. The summed E-state index contributed by atoms with van der Waals surface area (Å²) in [6.07, 6.45) is 1.10. The van der Waals surface area contributed by atoms with Crippen molar-refractivity contribution in [1.29, 1.82) is 0 Å². The largest absolute Gasteiger partial charge is 0.384 e. The van der Waals surface area contributed by atoms with Crippen LogP contribution in [0, 0.1) is 0 Å². The van der Waals surface area contributed by atoms with Crippen LogP contribution in [0.15, 0.2) is 35.7 Å². The van der Waals surface area contributed by atoms with Gasteiger partial charge in [0.15, 0.2) is 11.6 Å². The normalized spacial score (nSPS) is 13.3. The van der Waals surface area contributed by atoms with Gasteiger partial charge in [0, 0.05) is 17.8 Å². The molecule has 0 amide bonds. The molecule has 1 aromatic carbocycles. The van der Waals surface area contributed by atoms with Crippen molar-refractivity contribution in [3.8, 4) is 22.1 Å². The van der Waals surface area contributed by atoms with Crippen LogP contribution in [0.4, 0.5) is 5.69 Å². The van der Waals surface area contributed by atoms with Crippen LogP contribution < -0.4 is 5.32 Å². The lowest BCUT2D eigenvalue weighted by atomic mass is 10.1. The third-order valence-corrected chi connectivity index (χ3v) is 4.19. The van der Waals surface area contributed by atoms with E-state index in [-0.39, 0.29) is 0 Å². The van der Waals surface area contributed by atoms with Crippen molar-refractivity contribution in [3.05, 3.63) is 41.3 Å². The van der Waals surface area contributed by atoms with Crippen LogP contribution in [-0.2, 0) is 6.42 Å². The number of benzene rings is 1. The van der Waals surface area contributed by atoms with E-state index in [0.29, 0.717) is 0 Å². The second-order valence-corrected chi connectivity index (χ2v) is 5.48. The summed E-state index contributed by atoms with van der Waals surface area (Å²) in [4.78, 5) is 5.67. The monoisotopic (exact) mass is 268 g/mol. The van der Waals surface area contributed by atoms with Gasteiger partial charge in [0.25, 0.3) is 0 Å². The average Bonchev–Trinajstić information content (AvgIpc) is 3.18. The Labute approximate surface area is 114 Å². The first-order chi connectivity index (χ1) is 9.40. The Balaban J connectivity index is 1.73. The van der Waals surface area contributed by atoms with E-state index < -0.39 is 0 Å². The van der Waals surface area contributed by atoms with Gasteiger partial charge in [0.2, 0.25) is 0 Å². The van der Waals surface area contributed by atoms with Gasteiger partial charge in [-0.2, -0.15) is 5.10 Å². The van der Waals surface area contributed by atoms with E-state index in [9.17, 15) is 0 Å². The number of aromatic amines is 1. The van der Waals surface area contributed by atoms with E-state index in [1.165, 1.54) is 11.3 Å². The van der Waals surface area contributed by atoms with Crippen LogP contribution in [-0.4, -0.2) is 21.7 Å². The number of nitrogens with zero attached hydrogens (tertiary/aromatic N) is 2. The van der Waals surface area contributed by atoms with Gasteiger partial charge < -0.3 is 5.32 Å². The SMILES string of the molecule is c1csc(-c2nc(-c3ccc4c(c3)NCC4)n[nH]2)c1. The molecule has 2 N–H and O–H groups in total. The molecule has 94 valence electrons.